The minimum absolute atomic E-state index is 0.000518. The number of halogens is 1. The van der Waals surface area contributed by atoms with Crippen molar-refractivity contribution in [3.8, 4) is 5.75 Å². The average Bonchev–Trinajstić information content (AvgIpc) is 2.74. The molecule has 0 aliphatic rings. The summed E-state index contributed by atoms with van der Waals surface area (Å²) in [5.74, 6) is 0.713. The van der Waals surface area contributed by atoms with Gasteiger partial charge in [0.1, 0.15) is 5.75 Å². The Kier molecular flexibility index (Phi) is 6.69. The highest BCUT2D eigenvalue weighted by molar-refractivity contribution is 6.30. The van der Waals surface area contributed by atoms with Crippen molar-refractivity contribution < 1.29 is 14.8 Å². The van der Waals surface area contributed by atoms with Crippen LogP contribution in [-0.2, 0) is 0 Å². The maximum absolute atomic E-state index is 11.1. The van der Waals surface area contributed by atoms with Gasteiger partial charge in [0.15, 0.2) is 0 Å². The van der Waals surface area contributed by atoms with Gasteiger partial charge >= 0.3 is 0 Å². The van der Waals surface area contributed by atoms with E-state index in [1.165, 1.54) is 12.1 Å². The molecule has 6 nitrogen and oxygen atoms in total. The van der Waals surface area contributed by atoms with Crippen molar-refractivity contribution >= 4 is 23.0 Å². The molecule has 0 spiro atoms. The van der Waals surface area contributed by atoms with E-state index in [4.69, 9.17) is 16.3 Å². The molecule has 2 unspecified atom stereocenters. The van der Waals surface area contributed by atoms with Crippen LogP contribution in [0.15, 0.2) is 72.8 Å². The smallest absolute Gasteiger partial charge is 0.271 e. The summed E-state index contributed by atoms with van der Waals surface area (Å²) in [6.45, 7) is 0. The van der Waals surface area contributed by atoms with Crippen LogP contribution in [0.4, 0.5) is 11.4 Å². The number of rotatable bonds is 8. The van der Waals surface area contributed by atoms with Gasteiger partial charge in [0, 0.05) is 29.3 Å². The Morgan fingerprint density at radius 2 is 1.72 bits per heavy atom. The van der Waals surface area contributed by atoms with Crippen LogP contribution < -0.4 is 10.1 Å². The number of non-ortho nitro benzene ring substituents is 1. The topological polar surface area (TPSA) is 84.6 Å². The highest BCUT2D eigenvalue weighted by atomic mass is 35.5. The second kappa shape index (κ2) is 9.41. The number of benzene rings is 3. The number of nitrogens with zero attached hydrogens (tertiary/aromatic N) is 1. The number of hydrogen-bond acceptors (Lipinski definition) is 5. The summed E-state index contributed by atoms with van der Waals surface area (Å²) in [4.78, 5) is 10.6. The number of methoxy groups -OCH3 is 1. The van der Waals surface area contributed by atoms with Gasteiger partial charge in [0.05, 0.1) is 24.2 Å². The molecule has 0 bridgehead atoms. The first-order valence-electron chi connectivity index (χ1n) is 9.04. The van der Waals surface area contributed by atoms with E-state index < -0.39 is 11.0 Å². The van der Waals surface area contributed by atoms with Gasteiger partial charge < -0.3 is 15.2 Å². The van der Waals surface area contributed by atoms with Crippen molar-refractivity contribution in [1.82, 2.24) is 0 Å². The molecular formula is C22H21ClN2O4. The van der Waals surface area contributed by atoms with Gasteiger partial charge in [-0.1, -0.05) is 41.9 Å². The molecule has 7 heteroatoms. The predicted octanol–water partition coefficient (Wildman–Crippen LogP) is 5.53. The molecule has 0 radical (unpaired) electrons. The van der Waals surface area contributed by atoms with Crippen LogP contribution in [-0.4, -0.2) is 17.1 Å². The van der Waals surface area contributed by atoms with Crippen molar-refractivity contribution in [2.24, 2.45) is 0 Å². The van der Waals surface area contributed by atoms with E-state index in [-0.39, 0.29) is 11.7 Å². The first kappa shape index (κ1) is 20.6. The number of ether oxygens (including phenoxy) is 1. The number of aliphatic hydroxyl groups is 1. The molecular weight excluding hydrogens is 392 g/mol. The Morgan fingerprint density at radius 3 is 2.34 bits per heavy atom. The zero-order chi connectivity index (χ0) is 20.8. The van der Waals surface area contributed by atoms with Crippen molar-refractivity contribution in [2.75, 3.05) is 12.4 Å². The van der Waals surface area contributed by atoms with Crippen LogP contribution in [0.5, 0.6) is 5.75 Å². The minimum Gasteiger partial charge on any atom is -0.497 e. The van der Waals surface area contributed by atoms with Crippen LogP contribution in [0.1, 0.15) is 29.7 Å². The average molecular weight is 413 g/mol. The highest BCUT2D eigenvalue weighted by Crippen LogP contribution is 2.32. The summed E-state index contributed by atoms with van der Waals surface area (Å²) < 4.78 is 5.16. The molecule has 0 heterocycles. The number of anilines is 1. The van der Waals surface area contributed by atoms with Gasteiger partial charge in [0.25, 0.3) is 5.69 Å². The minimum atomic E-state index is -0.743. The molecule has 0 aromatic heterocycles. The third-order valence-corrected chi connectivity index (χ3v) is 4.88. The number of nitrogens with one attached hydrogen (secondary N) is 1. The van der Waals surface area contributed by atoms with Crippen molar-refractivity contribution in [3.63, 3.8) is 0 Å². The van der Waals surface area contributed by atoms with E-state index in [2.05, 4.69) is 5.32 Å². The molecule has 0 aliphatic carbocycles. The second-order valence-corrected chi connectivity index (χ2v) is 7.02. The highest BCUT2D eigenvalue weighted by Gasteiger charge is 2.19. The van der Waals surface area contributed by atoms with Crippen molar-refractivity contribution in [1.29, 1.82) is 0 Å². The number of nitro groups is 1. The van der Waals surface area contributed by atoms with Crippen LogP contribution in [0.3, 0.4) is 0 Å². The fraction of sp³-hybridized carbons (Fsp3) is 0.182. The molecule has 3 aromatic carbocycles. The summed E-state index contributed by atoms with van der Waals surface area (Å²) in [6, 6.07) is 20.5. The molecule has 2 atom stereocenters. The fourth-order valence-electron chi connectivity index (χ4n) is 3.07. The lowest BCUT2D eigenvalue weighted by molar-refractivity contribution is -0.384. The zero-order valence-electron chi connectivity index (χ0n) is 15.8. The first-order valence-corrected chi connectivity index (χ1v) is 9.42. The summed E-state index contributed by atoms with van der Waals surface area (Å²) >= 11 is 6.01. The second-order valence-electron chi connectivity index (χ2n) is 6.58. The maximum atomic E-state index is 11.1. The normalized spacial score (nSPS) is 12.8. The molecule has 150 valence electrons. The predicted molar refractivity (Wildman–Crippen MR) is 113 cm³/mol. The lowest BCUT2D eigenvalue weighted by Gasteiger charge is -2.24. The molecule has 2 N–H and O–H groups in total. The molecule has 29 heavy (non-hydrogen) atoms. The van der Waals surface area contributed by atoms with E-state index in [0.717, 1.165) is 11.1 Å². The zero-order valence-corrected chi connectivity index (χ0v) is 16.5. The number of hydrogen-bond donors (Lipinski definition) is 2. The molecule has 0 saturated heterocycles. The SMILES string of the molecule is COc1ccc(C(O)CC(Nc2cccc([N+](=O)[O-])c2)c2ccc(Cl)cc2)cc1. The van der Waals surface area contributed by atoms with Gasteiger partial charge in [-0.2, -0.15) is 0 Å². The molecule has 0 aliphatic heterocycles. The van der Waals surface area contributed by atoms with E-state index >= 15 is 0 Å². The Morgan fingerprint density at radius 1 is 1.07 bits per heavy atom. The van der Waals surface area contributed by atoms with Gasteiger partial charge in [-0.25, -0.2) is 0 Å². The Labute approximate surface area is 173 Å². The Bertz CT molecular complexity index is 961. The fourth-order valence-corrected chi connectivity index (χ4v) is 3.20. The summed E-state index contributed by atoms with van der Waals surface area (Å²) in [7, 11) is 1.59. The maximum Gasteiger partial charge on any atom is 0.271 e. The van der Waals surface area contributed by atoms with Gasteiger partial charge in [-0.3, -0.25) is 10.1 Å². The summed E-state index contributed by atoms with van der Waals surface area (Å²) in [5, 5.41) is 25.8. The van der Waals surface area contributed by atoms with Gasteiger partial charge in [0.2, 0.25) is 0 Å². The summed E-state index contributed by atoms with van der Waals surface area (Å²) in [5.41, 5.74) is 2.26. The van der Waals surface area contributed by atoms with Crippen molar-refractivity contribution in [3.05, 3.63) is 99.1 Å². The standard InChI is InChI=1S/C22H21ClN2O4/c1-29-20-11-7-16(8-12-20)22(26)14-21(15-5-9-17(23)10-6-15)24-18-3-2-4-19(13-18)25(27)28/h2-13,21-22,24,26H,14H2,1H3. The monoisotopic (exact) mass is 412 g/mol. The van der Waals surface area contributed by atoms with Crippen LogP contribution in [0, 0.1) is 10.1 Å². The number of aliphatic hydroxyl groups excluding tert-OH is 1. The van der Waals surface area contributed by atoms with Crippen LogP contribution in [0.25, 0.3) is 0 Å². The van der Waals surface area contributed by atoms with E-state index in [9.17, 15) is 15.2 Å². The lowest BCUT2D eigenvalue weighted by atomic mass is 9.96. The third kappa shape index (κ3) is 5.47. The largest absolute Gasteiger partial charge is 0.497 e. The van der Waals surface area contributed by atoms with Gasteiger partial charge in [-0.05, 0) is 41.5 Å². The Balaban J connectivity index is 1.85. The summed E-state index contributed by atoms with van der Waals surface area (Å²) in [6.07, 6.45) is -0.385. The van der Waals surface area contributed by atoms with E-state index in [1.54, 1.807) is 43.5 Å². The Hall–Kier alpha value is -3.09. The third-order valence-electron chi connectivity index (χ3n) is 4.63. The quantitative estimate of drug-likeness (QED) is 0.375. The van der Waals surface area contributed by atoms with Gasteiger partial charge in [-0.15, -0.1) is 0 Å². The van der Waals surface area contributed by atoms with Crippen LogP contribution >= 0.6 is 11.6 Å². The van der Waals surface area contributed by atoms with Crippen molar-refractivity contribution in [2.45, 2.75) is 18.6 Å². The molecule has 0 saturated carbocycles. The molecule has 3 aromatic rings. The number of nitro benzene ring substituents is 1. The molecule has 0 fully saturated rings. The van der Waals surface area contributed by atoms with Crippen LogP contribution in [0.2, 0.25) is 5.02 Å². The first-order chi connectivity index (χ1) is 14.0. The lowest BCUT2D eigenvalue weighted by Crippen LogP contribution is -2.15. The molecule has 0 amide bonds. The van der Waals surface area contributed by atoms with E-state index in [1.807, 2.05) is 24.3 Å². The van der Waals surface area contributed by atoms with E-state index in [0.29, 0.717) is 22.9 Å². The molecule has 3 rings (SSSR count).